The molecule has 1 N–H and O–H groups in total. The molecule has 2 aromatic rings. The predicted molar refractivity (Wildman–Crippen MR) is 88.4 cm³/mol. The fourth-order valence-corrected chi connectivity index (χ4v) is 3.11. The maximum Gasteiger partial charge on any atom is 0.129 e. The van der Waals surface area contributed by atoms with Gasteiger partial charge in [0.25, 0.3) is 0 Å². The summed E-state index contributed by atoms with van der Waals surface area (Å²) in [5.41, 5.74) is 1.87. The molecule has 1 atom stereocenters. The standard InChI is InChI=1S/C16H16Br2FN/c1-2-20-15(10-11-6-8-12(17)9-7-11)16-13(18)4-3-5-14(16)19/h3-9,15,20H,2,10H2,1H3. The zero-order valence-corrected chi connectivity index (χ0v) is 14.3. The van der Waals surface area contributed by atoms with E-state index in [-0.39, 0.29) is 11.9 Å². The maximum absolute atomic E-state index is 14.1. The molecular weight excluding hydrogens is 385 g/mol. The summed E-state index contributed by atoms with van der Waals surface area (Å²) >= 11 is 6.88. The van der Waals surface area contributed by atoms with E-state index in [0.29, 0.717) is 5.56 Å². The van der Waals surface area contributed by atoms with Gasteiger partial charge in [-0.2, -0.15) is 0 Å². The molecule has 106 valence electrons. The Morgan fingerprint density at radius 1 is 1.10 bits per heavy atom. The number of halogens is 3. The molecule has 0 aliphatic rings. The van der Waals surface area contributed by atoms with Gasteiger partial charge in [-0.3, -0.25) is 0 Å². The molecule has 0 amide bonds. The lowest BCUT2D eigenvalue weighted by Gasteiger charge is -2.20. The summed E-state index contributed by atoms with van der Waals surface area (Å²) < 4.78 is 16.0. The third-order valence-electron chi connectivity index (χ3n) is 3.15. The van der Waals surface area contributed by atoms with E-state index in [1.807, 2.05) is 25.1 Å². The van der Waals surface area contributed by atoms with Crippen molar-refractivity contribution in [1.29, 1.82) is 0 Å². The van der Waals surface area contributed by atoms with Crippen LogP contribution in [0.2, 0.25) is 0 Å². The minimum Gasteiger partial charge on any atom is -0.310 e. The van der Waals surface area contributed by atoms with E-state index in [0.717, 1.165) is 21.9 Å². The lowest BCUT2D eigenvalue weighted by atomic mass is 9.98. The Hall–Kier alpha value is -0.710. The molecule has 0 aliphatic carbocycles. The summed E-state index contributed by atoms with van der Waals surface area (Å²) in [7, 11) is 0. The Morgan fingerprint density at radius 2 is 1.80 bits per heavy atom. The molecule has 0 heterocycles. The fraction of sp³-hybridized carbons (Fsp3) is 0.250. The normalized spacial score (nSPS) is 12.4. The van der Waals surface area contributed by atoms with Crippen molar-refractivity contribution in [2.24, 2.45) is 0 Å². The van der Waals surface area contributed by atoms with E-state index in [2.05, 4.69) is 49.3 Å². The predicted octanol–water partition coefficient (Wildman–Crippen LogP) is 5.24. The highest BCUT2D eigenvalue weighted by Crippen LogP contribution is 2.29. The number of likely N-dealkylation sites (N-methyl/N-ethyl adjacent to an activating group) is 1. The van der Waals surface area contributed by atoms with E-state index in [1.54, 1.807) is 6.07 Å². The van der Waals surface area contributed by atoms with Gasteiger partial charge in [0.15, 0.2) is 0 Å². The van der Waals surface area contributed by atoms with Crippen LogP contribution >= 0.6 is 31.9 Å². The Balaban J connectivity index is 2.29. The summed E-state index contributed by atoms with van der Waals surface area (Å²) in [5.74, 6) is -0.178. The molecule has 0 radical (unpaired) electrons. The summed E-state index contributed by atoms with van der Waals surface area (Å²) in [5, 5.41) is 3.36. The molecule has 2 aromatic carbocycles. The Kier molecular flexibility index (Phi) is 5.75. The van der Waals surface area contributed by atoms with Crippen molar-refractivity contribution in [3.05, 3.63) is 68.4 Å². The average molecular weight is 401 g/mol. The topological polar surface area (TPSA) is 12.0 Å². The van der Waals surface area contributed by atoms with Crippen molar-refractivity contribution >= 4 is 31.9 Å². The van der Waals surface area contributed by atoms with Gasteiger partial charge < -0.3 is 5.32 Å². The summed E-state index contributed by atoms with van der Waals surface area (Å²) in [6.45, 7) is 2.82. The van der Waals surface area contributed by atoms with Crippen LogP contribution in [0, 0.1) is 5.82 Å². The number of benzene rings is 2. The summed E-state index contributed by atoms with van der Waals surface area (Å²) in [6.07, 6.45) is 0.751. The fourth-order valence-electron chi connectivity index (χ4n) is 2.22. The largest absolute Gasteiger partial charge is 0.310 e. The second-order valence-electron chi connectivity index (χ2n) is 4.58. The smallest absolute Gasteiger partial charge is 0.129 e. The van der Waals surface area contributed by atoms with Gasteiger partial charge in [0.1, 0.15) is 5.82 Å². The quantitative estimate of drug-likeness (QED) is 0.723. The van der Waals surface area contributed by atoms with Gasteiger partial charge in [0, 0.05) is 20.6 Å². The first-order valence-corrected chi connectivity index (χ1v) is 8.12. The van der Waals surface area contributed by atoms with Crippen LogP contribution in [0.1, 0.15) is 24.1 Å². The van der Waals surface area contributed by atoms with Gasteiger partial charge in [0.05, 0.1) is 0 Å². The third kappa shape index (κ3) is 3.90. The second-order valence-corrected chi connectivity index (χ2v) is 6.35. The molecule has 0 bridgehead atoms. The number of rotatable bonds is 5. The lowest BCUT2D eigenvalue weighted by Crippen LogP contribution is -2.24. The van der Waals surface area contributed by atoms with Crippen molar-refractivity contribution in [3.63, 3.8) is 0 Å². The van der Waals surface area contributed by atoms with Crippen molar-refractivity contribution in [1.82, 2.24) is 5.32 Å². The minimum absolute atomic E-state index is 0.0447. The molecule has 1 nitrogen and oxygen atoms in total. The average Bonchev–Trinajstić information content (AvgIpc) is 2.41. The van der Waals surface area contributed by atoms with Crippen LogP contribution in [0.25, 0.3) is 0 Å². The van der Waals surface area contributed by atoms with Gasteiger partial charge in [-0.15, -0.1) is 0 Å². The monoisotopic (exact) mass is 399 g/mol. The molecule has 1 unspecified atom stereocenters. The van der Waals surface area contributed by atoms with Gasteiger partial charge in [-0.25, -0.2) is 4.39 Å². The molecule has 0 spiro atoms. The summed E-state index contributed by atoms with van der Waals surface area (Å²) in [4.78, 5) is 0. The van der Waals surface area contributed by atoms with Crippen molar-refractivity contribution in [2.45, 2.75) is 19.4 Å². The Bertz CT molecular complexity index is 549. The van der Waals surface area contributed by atoms with E-state index < -0.39 is 0 Å². The molecule has 0 fully saturated rings. The van der Waals surface area contributed by atoms with E-state index in [1.165, 1.54) is 11.6 Å². The van der Waals surface area contributed by atoms with Crippen molar-refractivity contribution < 1.29 is 4.39 Å². The second kappa shape index (κ2) is 7.34. The Morgan fingerprint density at radius 3 is 2.40 bits per heavy atom. The highest BCUT2D eigenvalue weighted by molar-refractivity contribution is 9.10. The van der Waals surface area contributed by atoms with Crippen LogP contribution in [-0.2, 0) is 6.42 Å². The minimum atomic E-state index is -0.178. The molecule has 0 aliphatic heterocycles. The zero-order valence-electron chi connectivity index (χ0n) is 11.2. The molecule has 20 heavy (non-hydrogen) atoms. The van der Waals surface area contributed by atoms with Crippen LogP contribution in [0.4, 0.5) is 4.39 Å². The van der Waals surface area contributed by atoms with Gasteiger partial charge >= 0.3 is 0 Å². The zero-order chi connectivity index (χ0) is 14.5. The first-order valence-electron chi connectivity index (χ1n) is 6.53. The molecule has 4 heteroatoms. The van der Waals surface area contributed by atoms with Crippen molar-refractivity contribution in [3.8, 4) is 0 Å². The first kappa shape index (κ1) is 15.7. The van der Waals surface area contributed by atoms with Crippen LogP contribution in [0.15, 0.2) is 51.4 Å². The van der Waals surface area contributed by atoms with E-state index in [4.69, 9.17) is 0 Å². The van der Waals surface area contributed by atoms with Gasteiger partial charge in [-0.05, 0) is 42.8 Å². The van der Waals surface area contributed by atoms with Crippen molar-refractivity contribution in [2.75, 3.05) is 6.54 Å². The number of hydrogen-bond acceptors (Lipinski definition) is 1. The SMILES string of the molecule is CCNC(Cc1ccc(Br)cc1)c1c(F)cccc1Br. The van der Waals surface area contributed by atoms with Crippen LogP contribution in [0.5, 0.6) is 0 Å². The van der Waals surface area contributed by atoms with E-state index in [9.17, 15) is 4.39 Å². The number of hydrogen-bond donors (Lipinski definition) is 1. The van der Waals surface area contributed by atoms with Crippen LogP contribution in [-0.4, -0.2) is 6.54 Å². The highest BCUT2D eigenvalue weighted by atomic mass is 79.9. The van der Waals surface area contributed by atoms with Crippen LogP contribution < -0.4 is 5.32 Å². The maximum atomic E-state index is 14.1. The Labute approximate surface area is 135 Å². The molecule has 0 saturated carbocycles. The highest BCUT2D eigenvalue weighted by Gasteiger charge is 2.18. The summed E-state index contributed by atoms with van der Waals surface area (Å²) in [6, 6.07) is 13.2. The van der Waals surface area contributed by atoms with E-state index >= 15 is 0 Å². The molecule has 0 saturated heterocycles. The molecular formula is C16H16Br2FN. The van der Waals surface area contributed by atoms with Gasteiger partial charge in [0.2, 0.25) is 0 Å². The van der Waals surface area contributed by atoms with Gasteiger partial charge in [-0.1, -0.05) is 57.0 Å². The lowest BCUT2D eigenvalue weighted by molar-refractivity contribution is 0.507. The molecule has 2 rings (SSSR count). The first-order chi connectivity index (χ1) is 9.61. The third-order valence-corrected chi connectivity index (χ3v) is 4.37. The molecule has 0 aromatic heterocycles. The van der Waals surface area contributed by atoms with Crippen LogP contribution in [0.3, 0.4) is 0 Å². The number of nitrogens with one attached hydrogen (secondary N) is 1.